The van der Waals surface area contributed by atoms with Crippen LogP contribution in [-0.4, -0.2) is 62.1 Å². The van der Waals surface area contributed by atoms with Crippen molar-refractivity contribution < 1.29 is 14.3 Å². The fourth-order valence-corrected chi connectivity index (χ4v) is 3.03. The summed E-state index contributed by atoms with van der Waals surface area (Å²) in [5, 5.41) is 2.99. The van der Waals surface area contributed by atoms with E-state index in [1.165, 1.54) is 0 Å². The third-order valence-electron chi connectivity index (χ3n) is 4.86. The first-order valence-electron chi connectivity index (χ1n) is 9.20. The van der Waals surface area contributed by atoms with E-state index in [1.54, 1.807) is 7.11 Å². The highest BCUT2D eigenvalue weighted by Gasteiger charge is 2.24. The van der Waals surface area contributed by atoms with Crippen molar-refractivity contribution in [3.8, 4) is 17.2 Å². The number of nitrogens with zero attached hydrogens (tertiary/aromatic N) is 2. The van der Waals surface area contributed by atoms with Gasteiger partial charge in [0, 0.05) is 37.9 Å². The molecular formula is C21H27N3O3. The first-order valence-corrected chi connectivity index (χ1v) is 9.20. The van der Waals surface area contributed by atoms with Crippen LogP contribution in [0.15, 0.2) is 48.5 Å². The van der Waals surface area contributed by atoms with E-state index in [4.69, 9.17) is 9.47 Å². The van der Waals surface area contributed by atoms with Crippen molar-refractivity contribution in [2.45, 2.75) is 13.0 Å². The van der Waals surface area contributed by atoms with Crippen molar-refractivity contribution in [3.05, 3.63) is 48.5 Å². The molecule has 3 rings (SSSR count). The first kappa shape index (κ1) is 19.2. The number of methoxy groups -OCH3 is 1. The molecule has 0 radical (unpaired) electrons. The number of amides is 1. The van der Waals surface area contributed by atoms with Crippen LogP contribution >= 0.6 is 0 Å². The molecule has 0 aromatic heterocycles. The zero-order valence-electron chi connectivity index (χ0n) is 16.1. The van der Waals surface area contributed by atoms with E-state index in [-0.39, 0.29) is 11.9 Å². The summed E-state index contributed by atoms with van der Waals surface area (Å²) in [5.41, 5.74) is 0.763. The van der Waals surface area contributed by atoms with Gasteiger partial charge in [0.15, 0.2) is 0 Å². The van der Waals surface area contributed by atoms with E-state index in [0.29, 0.717) is 11.5 Å². The molecule has 1 aliphatic rings. The summed E-state index contributed by atoms with van der Waals surface area (Å²) >= 11 is 0. The Morgan fingerprint density at radius 2 is 1.67 bits per heavy atom. The molecule has 1 unspecified atom stereocenters. The van der Waals surface area contributed by atoms with Crippen LogP contribution < -0.4 is 14.8 Å². The van der Waals surface area contributed by atoms with Gasteiger partial charge in [0.25, 0.3) is 0 Å². The number of rotatable bonds is 6. The van der Waals surface area contributed by atoms with Crippen LogP contribution in [0.3, 0.4) is 0 Å². The van der Waals surface area contributed by atoms with Crippen LogP contribution in [0.25, 0.3) is 0 Å². The van der Waals surface area contributed by atoms with Gasteiger partial charge < -0.3 is 19.7 Å². The van der Waals surface area contributed by atoms with Crippen LogP contribution in [-0.2, 0) is 4.79 Å². The van der Waals surface area contributed by atoms with Crippen molar-refractivity contribution in [3.63, 3.8) is 0 Å². The highest BCUT2D eigenvalue weighted by atomic mass is 16.5. The van der Waals surface area contributed by atoms with E-state index in [9.17, 15) is 4.79 Å². The normalized spacial score (nSPS) is 16.6. The molecule has 0 spiro atoms. The monoisotopic (exact) mass is 369 g/mol. The van der Waals surface area contributed by atoms with Crippen LogP contribution in [0.1, 0.15) is 6.92 Å². The van der Waals surface area contributed by atoms with Crippen molar-refractivity contribution in [2.75, 3.05) is 45.7 Å². The van der Waals surface area contributed by atoms with Crippen molar-refractivity contribution in [2.24, 2.45) is 0 Å². The van der Waals surface area contributed by atoms with Gasteiger partial charge in [-0.15, -0.1) is 0 Å². The zero-order valence-corrected chi connectivity index (χ0v) is 16.1. The Morgan fingerprint density at radius 1 is 1.00 bits per heavy atom. The molecule has 2 aromatic rings. The van der Waals surface area contributed by atoms with Gasteiger partial charge in [-0.1, -0.05) is 6.07 Å². The smallest absolute Gasteiger partial charge is 0.241 e. The quantitative estimate of drug-likeness (QED) is 0.848. The van der Waals surface area contributed by atoms with Crippen molar-refractivity contribution in [1.29, 1.82) is 0 Å². The molecule has 2 aromatic carbocycles. The second-order valence-electron chi connectivity index (χ2n) is 6.81. The number of anilines is 1. The van der Waals surface area contributed by atoms with Crippen molar-refractivity contribution >= 4 is 11.6 Å². The number of nitrogens with one attached hydrogen (secondary N) is 1. The molecule has 1 heterocycles. The molecule has 0 bridgehead atoms. The number of hydrogen-bond donors (Lipinski definition) is 1. The lowest BCUT2D eigenvalue weighted by Crippen LogP contribution is -2.51. The minimum Gasteiger partial charge on any atom is -0.497 e. The van der Waals surface area contributed by atoms with Gasteiger partial charge in [0.05, 0.1) is 13.2 Å². The van der Waals surface area contributed by atoms with E-state index in [0.717, 1.165) is 37.6 Å². The molecule has 1 atom stereocenters. The second-order valence-corrected chi connectivity index (χ2v) is 6.81. The third kappa shape index (κ3) is 5.21. The van der Waals surface area contributed by atoms with Crippen LogP contribution in [0.2, 0.25) is 0 Å². The summed E-state index contributed by atoms with van der Waals surface area (Å²) < 4.78 is 11.0. The van der Waals surface area contributed by atoms with Gasteiger partial charge in [-0.05, 0) is 50.4 Å². The summed E-state index contributed by atoms with van der Waals surface area (Å²) in [5.74, 6) is 2.17. The zero-order chi connectivity index (χ0) is 19.2. The van der Waals surface area contributed by atoms with Crippen LogP contribution in [0.5, 0.6) is 17.2 Å². The lowest BCUT2D eigenvalue weighted by molar-refractivity contribution is -0.121. The van der Waals surface area contributed by atoms with E-state index >= 15 is 0 Å². The Balaban J connectivity index is 1.56. The molecule has 6 heteroatoms. The minimum atomic E-state index is -0.147. The van der Waals surface area contributed by atoms with Crippen molar-refractivity contribution in [1.82, 2.24) is 9.80 Å². The second kappa shape index (κ2) is 8.88. The maximum absolute atomic E-state index is 12.5. The SMILES string of the molecule is COc1cccc(Oc2ccc(NC(=O)C(C)N3CCN(C)CC3)cc2)c1. The molecule has 27 heavy (non-hydrogen) atoms. The molecule has 1 amide bonds. The number of benzene rings is 2. The summed E-state index contributed by atoms with van der Waals surface area (Å²) in [6.45, 7) is 5.78. The molecule has 1 N–H and O–H groups in total. The Bertz CT molecular complexity index is 756. The summed E-state index contributed by atoms with van der Waals surface area (Å²) in [6, 6.07) is 14.7. The van der Waals surface area contributed by atoms with Gasteiger partial charge >= 0.3 is 0 Å². The highest BCUT2D eigenvalue weighted by Crippen LogP contribution is 2.26. The Kier molecular flexibility index (Phi) is 6.32. The molecule has 1 fully saturated rings. The highest BCUT2D eigenvalue weighted by molar-refractivity contribution is 5.94. The fourth-order valence-electron chi connectivity index (χ4n) is 3.03. The van der Waals surface area contributed by atoms with E-state index in [1.807, 2.05) is 55.5 Å². The van der Waals surface area contributed by atoms with Crippen LogP contribution in [0.4, 0.5) is 5.69 Å². The standard InChI is InChI=1S/C21H27N3O3/c1-16(24-13-11-23(2)12-14-24)21(25)22-17-7-9-18(10-8-17)27-20-6-4-5-19(15-20)26-3/h4-10,15-16H,11-14H2,1-3H3,(H,22,25). The maximum Gasteiger partial charge on any atom is 0.241 e. The molecular weight excluding hydrogens is 342 g/mol. The first-order chi connectivity index (χ1) is 13.0. The topological polar surface area (TPSA) is 54.0 Å². The van der Waals surface area contributed by atoms with Gasteiger partial charge in [-0.25, -0.2) is 0 Å². The summed E-state index contributed by atoms with van der Waals surface area (Å²) in [6.07, 6.45) is 0. The van der Waals surface area contributed by atoms with Gasteiger partial charge in [-0.2, -0.15) is 0 Å². The maximum atomic E-state index is 12.5. The minimum absolute atomic E-state index is 0.0148. The van der Waals surface area contributed by atoms with E-state index < -0.39 is 0 Å². The molecule has 6 nitrogen and oxygen atoms in total. The molecule has 0 aliphatic carbocycles. The Hall–Kier alpha value is -2.57. The summed E-state index contributed by atoms with van der Waals surface area (Å²) in [4.78, 5) is 17.0. The average Bonchev–Trinajstić information content (AvgIpc) is 2.69. The number of carbonyl (C=O) groups is 1. The van der Waals surface area contributed by atoms with E-state index in [2.05, 4.69) is 22.2 Å². The average molecular weight is 369 g/mol. The van der Waals surface area contributed by atoms with Gasteiger partial charge in [0.1, 0.15) is 17.2 Å². The number of likely N-dealkylation sites (N-methyl/N-ethyl adjacent to an activating group) is 1. The largest absolute Gasteiger partial charge is 0.497 e. The number of ether oxygens (including phenoxy) is 2. The lowest BCUT2D eigenvalue weighted by atomic mass is 10.2. The molecule has 144 valence electrons. The van der Waals surface area contributed by atoms with Crippen LogP contribution in [0, 0.1) is 0 Å². The third-order valence-corrected chi connectivity index (χ3v) is 4.86. The Morgan fingerprint density at radius 3 is 2.33 bits per heavy atom. The molecule has 0 saturated carbocycles. The number of piperazine rings is 1. The molecule has 1 saturated heterocycles. The predicted molar refractivity (Wildman–Crippen MR) is 107 cm³/mol. The predicted octanol–water partition coefficient (Wildman–Crippen LogP) is 3.06. The fraction of sp³-hybridized carbons (Fsp3) is 0.381. The van der Waals surface area contributed by atoms with Gasteiger partial charge in [0.2, 0.25) is 5.91 Å². The lowest BCUT2D eigenvalue weighted by Gasteiger charge is -2.35. The van der Waals surface area contributed by atoms with Gasteiger partial charge in [-0.3, -0.25) is 9.69 Å². The number of hydrogen-bond acceptors (Lipinski definition) is 5. The Labute approximate surface area is 160 Å². The molecule has 1 aliphatic heterocycles. The summed E-state index contributed by atoms with van der Waals surface area (Å²) in [7, 11) is 3.73. The number of carbonyl (C=O) groups excluding carboxylic acids is 1.